The van der Waals surface area contributed by atoms with Crippen molar-refractivity contribution in [2.24, 2.45) is 0 Å². The Kier molecular flexibility index (Phi) is 5.99. The summed E-state index contributed by atoms with van der Waals surface area (Å²) in [4.78, 5) is 25.1. The van der Waals surface area contributed by atoms with Crippen molar-refractivity contribution in [1.82, 2.24) is 25.3 Å². The summed E-state index contributed by atoms with van der Waals surface area (Å²) in [7, 11) is 0. The highest BCUT2D eigenvalue weighted by molar-refractivity contribution is 5.67. The molecule has 2 aromatic heterocycles. The minimum atomic E-state index is -4.82. The molecular formula is C16H15F6N5O2. The third-order valence-corrected chi connectivity index (χ3v) is 3.14. The van der Waals surface area contributed by atoms with E-state index in [0.29, 0.717) is 6.20 Å². The zero-order chi connectivity index (χ0) is 22.0. The monoisotopic (exact) mass is 423 g/mol. The quantitative estimate of drug-likeness (QED) is 0.751. The normalized spacial score (nSPS) is 12.6. The Bertz CT molecular complexity index is 875. The van der Waals surface area contributed by atoms with E-state index in [1.807, 2.05) is 0 Å². The number of amides is 1. The fraction of sp³-hybridized carbons (Fsp3) is 0.438. The molecule has 0 aliphatic heterocycles. The first kappa shape index (κ1) is 22.3. The molecule has 1 N–H and O–H groups in total. The van der Waals surface area contributed by atoms with Crippen molar-refractivity contribution in [3.8, 4) is 11.4 Å². The van der Waals surface area contributed by atoms with E-state index >= 15 is 0 Å². The van der Waals surface area contributed by atoms with Crippen LogP contribution in [0.4, 0.5) is 31.1 Å². The lowest BCUT2D eigenvalue weighted by Crippen LogP contribution is -2.33. The molecule has 7 nitrogen and oxygen atoms in total. The van der Waals surface area contributed by atoms with Crippen molar-refractivity contribution in [2.75, 3.05) is 0 Å². The van der Waals surface area contributed by atoms with Gasteiger partial charge < -0.3 is 10.1 Å². The summed E-state index contributed by atoms with van der Waals surface area (Å²) in [5, 5.41) is 2.14. The maximum atomic E-state index is 13.2. The van der Waals surface area contributed by atoms with Gasteiger partial charge in [-0.1, -0.05) is 0 Å². The van der Waals surface area contributed by atoms with Gasteiger partial charge in [-0.15, -0.1) is 0 Å². The van der Waals surface area contributed by atoms with Crippen LogP contribution in [0.5, 0.6) is 0 Å². The van der Waals surface area contributed by atoms with E-state index in [-0.39, 0.29) is 11.4 Å². The van der Waals surface area contributed by atoms with Gasteiger partial charge in [-0.3, -0.25) is 0 Å². The minimum Gasteiger partial charge on any atom is -0.444 e. The smallest absolute Gasteiger partial charge is 0.444 e. The van der Waals surface area contributed by atoms with Crippen molar-refractivity contribution in [3.05, 3.63) is 35.7 Å². The summed E-state index contributed by atoms with van der Waals surface area (Å²) in [5.74, 6) is -1.76. The van der Waals surface area contributed by atoms with Crippen LogP contribution in [-0.4, -0.2) is 31.6 Å². The number of carbonyl (C=O) groups is 1. The van der Waals surface area contributed by atoms with Crippen LogP contribution in [0.3, 0.4) is 0 Å². The van der Waals surface area contributed by atoms with Gasteiger partial charge in [0.25, 0.3) is 0 Å². The first-order chi connectivity index (χ1) is 13.2. The van der Waals surface area contributed by atoms with E-state index in [1.165, 1.54) is 0 Å². The zero-order valence-electron chi connectivity index (χ0n) is 15.3. The summed E-state index contributed by atoms with van der Waals surface area (Å²) >= 11 is 0. The molecule has 0 unspecified atom stereocenters. The lowest BCUT2D eigenvalue weighted by Gasteiger charge is -2.20. The fourth-order valence-corrected chi connectivity index (χ4v) is 1.99. The number of carbonyl (C=O) groups excluding carboxylic acids is 1. The number of ether oxygens (including phenoxy) is 1. The van der Waals surface area contributed by atoms with Gasteiger partial charge in [-0.25, -0.2) is 24.7 Å². The van der Waals surface area contributed by atoms with Gasteiger partial charge in [0, 0.05) is 18.6 Å². The highest BCUT2D eigenvalue weighted by atomic mass is 19.4. The topological polar surface area (TPSA) is 89.9 Å². The average Bonchev–Trinajstić information content (AvgIpc) is 2.57. The highest BCUT2D eigenvalue weighted by Gasteiger charge is 2.36. The summed E-state index contributed by atoms with van der Waals surface area (Å²) in [6.45, 7) is 4.06. The van der Waals surface area contributed by atoms with Gasteiger partial charge in [-0.2, -0.15) is 26.3 Å². The lowest BCUT2D eigenvalue weighted by molar-refractivity contribution is -0.145. The third kappa shape index (κ3) is 6.26. The highest BCUT2D eigenvalue weighted by Crippen LogP contribution is 2.32. The molecule has 0 fully saturated rings. The van der Waals surface area contributed by atoms with Crippen molar-refractivity contribution in [1.29, 1.82) is 0 Å². The molecule has 0 aliphatic carbocycles. The predicted octanol–water partition coefficient (Wildman–Crippen LogP) is 4.00. The molecule has 29 heavy (non-hydrogen) atoms. The predicted molar refractivity (Wildman–Crippen MR) is 86.1 cm³/mol. The molecule has 0 spiro atoms. The molecule has 0 aromatic carbocycles. The summed E-state index contributed by atoms with van der Waals surface area (Å²) in [5.41, 5.74) is -2.82. The van der Waals surface area contributed by atoms with Crippen molar-refractivity contribution >= 4 is 6.09 Å². The molecule has 1 amide bonds. The molecule has 13 heteroatoms. The molecular weight excluding hydrogens is 408 g/mol. The number of rotatable bonds is 3. The van der Waals surface area contributed by atoms with E-state index in [4.69, 9.17) is 4.74 Å². The number of halogens is 6. The Morgan fingerprint density at radius 3 is 2.03 bits per heavy atom. The first-order valence-electron chi connectivity index (χ1n) is 7.96. The first-order valence-corrected chi connectivity index (χ1v) is 7.96. The van der Waals surface area contributed by atoms with Crippen molar-refractivity contribution in [3.63, 3.8) is 0 Å². The van der Waals surface area contributed by atoms with E-state index in [9.17, 15) is 31.1 Å². The van der Waals surface area contributed by atoms with E-state index in [0.717, 1.165) is 12.4 Å². The van der Waals surface area contributed by atoms with Gasteiger partial charge >= 0.3 is 18.4 Å². The largest absolute Gasteiger partial charge is 0.451 e. The molecule has 0 bridgehead atoms. The van der Waals surface area contributed by atoms with E-state index in [2.05, 4.69) is 25.3 Å². The fourth-order valence-electron chi connectivity index (χ4n) is 1.99. The lowest BCUT2D eigenvalue weighted by atomic mass is 10.2. The number of hydrogen-bond acceptors (Lipinski definition) is 6. The molecule has 0 saturated carbocycles. The van der Waals surface area contributed by atoms with Crippen LogP contribution in [0.25, 0.3) is 11.4 Å². The minimum absolute atomic E-state index is 0.134. The van der Waals surface area contributed by atoms with Crippen LogP contribution in [0.1, 0.15) is 37.9 Å². The number of aromatic nitrogens is 4. The summed E-state index contributed by atoms with van der Waals surface area (Å²) in [6, 6.07) is 0. The molecule has 0 saturated heterocycles. The Balaban J connectivity index is 2.32. The third-order valence-electron chi connectivity index (χ3n) is 3.14. The van der Waals surface area contributed by atoms with Gasteiger partial charge in [0.05, 0.1) is 23.4 Å². The maximum absolute atomic E-state index is 13.2. The van der Waals surface area contributed by atoms with E-state index in [1.54, 1.807) is 20.8 Å². The van der Waals surface area contributed by atoms with Crippen LogP contribution in [0.2, 0.25) is 0 Å². The van der Waals surface area contributed by atoms with Gasteiger partial charge in [0.1, 0.15) is 5.60 Å². The second kappa shape index (κ2) is 7.79. The number of alkyl halides is 6. The van der Waals surface area contributed by atoms with Gasteiger partial charge in [0.2, 0.25) is 5.82 Å². The Morgan fingerprint density at radius 1 is 0.966 bits per heavy atom. The number of nitrogens with one attached hydrogen (secondary N) is 1. The molecule has 158 valence electrons. The second-order valence-electron chi connectivity index (χ2n) is 6.70. The molecule has 2 heterocycles. The number of hydrogen-bond donors (Lipinski definition) is 1. The molecule has 2 aromatic rings. The Hall–Kier alpha value is -2.99. The Labute approximate surface area is 160 Å². The molecule has 0 radical (unpaired) electrons. The summed E-state index contributed by atoms with van der Waals surface area (Å²) < 4.78 is 82.1. The van der Waals surface area contributed by atoms with E-state index < -0.39 is 47.7 Å². The van der Waals surface area contributed by atoms with Crippen molar-refractivity contribution in [2.45, 2.75) is 45.3 Å². The van der Waals surface area contributed by atoms with Crippen LogP contribution < -0.4 is 5.32 Å². The SMILES string of the molecule is CC(C)(C)OC(=O)NCc1nc(-c2cnc(C(F)(F)F)nc2)ncc1C(F)(F)F. The van der Waals surface area contributed by atoms with Gasteiger partial charge in [-0.05, 0) is 20.8 Å². The standard InChI is InChI=1S/C16H15F6N5O2/c1-14(2,3)29-13(28)26-7-10-9(15(17,18)19)6-23-11(27-10)8-4-24-12(25-5-8)16(20,21)22/h4-6H,7H2,1-3H3,(H,26,28). The molecule has 2 rings (SSSR count). The van der Waals surface area contributed by atoms with Crippen LogP contribution in [0, 0.1) is 0 Å². The van der Waals surface area contributed by atoms with Crippen molar-refractivity contribution < 1.29 is 35.9 Å². The molecule has 0 atom stereocenters. The average molecular weight is 423 g/mol. The summed E-state index contributed by atoms with van der Waals surface area (Å²) in [6.07, 6.45) is -8.62. The maximum Gasteiger partial charge on any atom is 0.451 e. The van der Waals surface area contributed by atoms with Crippen LogP contribution >= 0.6 is 0 Å². The number of nitrogens with zero attached hydrogens (tertiary/aromatic N) is 4. The molecule has 0 aliphatic rings. The number of alkyl carbamates (subject to hydrolysis) is 1. The van der Waals surface area contributed by atoms with Crippen LogP contribution in [0.15, 0.2) is 18.6 Å². The zero-order valence-corrected chi connectivity index (χ0v) is 15.3. The van der Waals surface area contributed by atoms with Crippen LogP contribution in [-0.2, 0) is 23.6 Å². The second-order valence-corrected chi connectivity index (χ2v) is 6.70. The van der Waals surface area contributed by atoms with Gasteiger partial charge in [0.15, 0.2) is 5.82 Å². The Morgan fingerprint density at radius 2 is 1.55 bits per heavy atom.